The minimum atomic E-state index is -0.740. The molecule has 0 nitrogen and oxygen atoms in total. The molecule has 0 N–H and O–H groups in total. The van der Waals surface area contributed by atoms with Crippen LogP contribution in [0.1, 0.15) is 20.3 Å². The van der Waals surface area contributed by atoms with Crippen LogP contribution in [0.25, 0.3) is 0 Å². The number of allylic oxidation sites excluding steroid dienone is 6. The topological polar surface area (TPSA) is 0 Å². The molecule has 0 spiro atoms. The first-order valence-electron chi connectivity index (χ1n) is 3.51. The van der Waals surface area contributed by atoms with Crippen molar-refractivity contribution < 1.29 is 8.78 Å². The Morgan fingerprint density at radius 2 is 1.91 bits per heavy atom. The third-order valence-corrected chi connectivity index (χ3v) is 1.62. The minimum Gasteiger partial charge on any atom is -0.204 e. The van der Waals surface area contributed by atoms with Crippen LogP contribution in [-0.4, -0.2) is 0 Å². The summed E-state index contributed by atoms with van der Waals surface area (Å²) in [7, 11) is 0. The first-order chi connectivity index (χ1) is 5.11. The molecule has 0 heterocycles. The van der Waals surface area contributed by atoms with Crippen LogP contribution in [0.3, 0.4) is 0 Å². The molecule has 0 bridgehead atoms. The van der Waals surface area contributed by atoms with E-state index in [1.165, 1.54) is 6.08 Å². The van der Waals surface area contributed by atoms with Crippen molar-refractivity contribution in [1.29, 1.82) is 0 Å². The zero-order chi connectivity index (χ0) is 8.43. The molecule has 0 atom stereocenters. The maximum atomic E-state index is 12.8. The van der Waals surface area contributed by atoms with Gasteiger partial charge in [0.1, 0.15) is 0 Å². The summed E-state index contributed by atoms with van der Waals surface area (Å²) >= 11 is 0. The molecule has 0 unspecified atom stereocenters. The SMILES string of the molecule is CC1=CC(C)=C(F)C(F)=CC1. The zero-order valence-corrected chi connectivity index (χ0v) is 6.62. The summed E-state index contributed by atoms with van der Waals surface area (Å²) in [5.74, 6) is -1.47. The maximum Gasteiger partial charge on any atom is 0.161 e. The van der Waals surface area contributed by atoms with Gasteiger partial charge in [-0.15, -0.1) is 0 Å². The van der Waals surface area contributed by atoms with Crippen molar-refractivity contribution in [3.63, 3.8) is 0 Å². The molecule has 2 heteroatoms. The van der Waals surface area contributed by atoms with E-state index in [1.807, 2.05) is 6.92 Å². The average molecular weight is 156 g/mol. The van der Waals surface area contributed by atoms with Gasteiger partial charge in [0.15, 0.2) is 11.7 Å². The van der Waals surface area contributed by atoms with Gasteiger partial charge >= 0.3 is 0 Å². The van der Waals surface area contributed by atoms with E-state index in [0.29, 0.717) is 12.0 Å². The van der Waals surface area contributed by atoms with Crippen molar-refractivity contribution >= 4 is 0 Å². The summed E-state index contributed by atoms with van der Waals surface area (Å²) in [6, 6.07) is 0. The number of hydrogen-bond donors (Lipinski definition) is 0. The molecule has 1 aliphatic carbocycles. The number of hydrogen-bond acceptors (Lipinski definition) is 0. The molecule has 1 rings (SSSR count). The Morgan fingerprint density at radius 3 is 2.55 bits per heavy atom. The van der Waals surface area contributed by atoms with Gasteiger partial charge in [-0.1, -0.05) is 11.6 Å². The van der Waals surface area contributed by atoms with Gasteiger partial charge in [0.2, 0.25) is 0 Å². The fraction of sp³-hybridized carbons (Fsp3) is 0.333. The lowest BCUT2D eigenvalue weighted by Crippen LogP contribution is -1.77. The highest BCUT2D eigenvalue weighted by Crippen LogP contribution is 2.24. The van der Waals surface area contributed by atoms with Crippen LogP contribution in [0.2, 0.25) is 0 Å². The van der Waals surface area contributed by atoms with Crippen LogP contribution < -0.4 is 0 Å². The third kappa shape index (κ3) is 1.76. The Labute approximate surface area is 64.9 Å². The summed E-state index contributed by atoms with van der Waals surface area (Å²) in [5, 5.41) is 0. The summed E-state index contributed by atoms with van der Waals surface area (Å²) < 4.78 is 25.5. The molecule has 0 amide bonds. The normalized spacial score (nSPS) is 19.3. The quantitative estimate of drug-likeness (QED) is 0.504. The maximum absolute atomic E-state index is 12.8. The van der Waals surface area contributed by atoms with Gasteiger partial charge in [0.25, 0.3) is 0 Å². The van der Waals surface area contributed by atoms with Crippen LogP contribution in [-0.2, 0) is 0 Å². The van der Waals surface area contributed by atoms with Gasteiger partial charge in [0, 0.05) is 0 Å². The first kappa shape index (κ1) is 8.18. The second-order valence-corrected chi connectivity index (χ2v) is 2.74. The number of halogens is 2. The average Bonchev–Trinajstić information content (AvgIpc) is 2.05. The van der Waals surface area contributed by atoms with Crippen LogP contribution in [0.5, 0.6) is 0 Å². The predicted molar refractivity (Wildman–Crippen MR) is 41.4 cm³/mol. The molecule has 0 radical (unpaired) electrons. The van der Waals surface area contributed by atoms with Crippen molar-refractivity contribution in [1.82, 2.24) is 0 Å². The van der Waals surface area contributed by atoms with E-state index in [9.17, 15) is 8.78 Å². The van der Waals surface area contributed by atoms with Crippen molar-refractivity contribution in [3.8, 4) is 0 Å². The van der Waals surface area contributed by atoms with Gasteiger partial charge in [-0.25, -0.2) is 8.78 Å². The Bertz CT molecular complexity index is 257. The number of rotatable bonds is 0. The van der Waals surface area contributed by atoms with E-state index in [4.69, 9.17) is 0 Å². The Balaban J connectivity index is 3.08. The molecule has 0 saturated carbocycles. The zero-order valence-electron chi connectivity index (χ0n) is 6.62. The molecule has 0 saturated heterocycles. The monoisotopic (exact) mass is 156 g/mol. The summed E-state index contributed by atoms with van der Waals surface area (Å²) in [6.45, 7) is 3.42. The summed E-state index contributed by atoms with van der Waals surface area (Å²) in [4.78, 5) is 0. The molecule has 0 aromatic heterocycles. The highest BCUT2D eigenvalue weighted by atomic mass is 19.2. The lowest BCUT2D eigenvalue weighted by molar-refractivity contribution is 0.538. The van der Waals surface area contributed by atoms with Crippen LogP contribution >= 0.6 is 0 Å². The summed E-state index contributed by atoms with van der Waals surface area (Å²) in [5.41, 5.74) is 1.35. The van der Waals surface area contributed by atoms with Crippen LogP contribution in [0.4, 0.5) is 8.78 Å². The van der Waals surface area contributed by atoms with Gasteiger partial charge in [-0.3, -0.25) is 0 Å². The highest BCUT2D eigenvalue weighted by Gasteiger charge is 2.09. The van der Waals surface area contributed by atoms with Crippen LogP contribution in [0.15, 0.2) is 35.0 Å². The Kier molecular flexibility index (Phi) is 2.22. The van der Waals surface area contributed by atoms with E-state index in [2.05, 4.69) is 0 Å². The second-order valence-electron chi connectivity index (χ2n) is 2.74. The van der Waals surface area contributed by atoms with Crippen molar-refractivity contribution in [2.24, 2.45) is 0 Å². The Morgan fingerprint density at radius 1 is 1.27 bits per heavy atom. The highest BCUT2D eigenvalue weighted by molar-refractivity contribution is 5.36. The molecule has 0 aromatic rings. The fourth-order valence-electron chi connectivity index (χ4n) is 1.02. The standard InChI is InChI=1S/C9H10F2/c1-6-3-4-8(10)9(11)7(2)5-6/h4-5H,3H2,1-2H3. The lowest BCUT2D eigenvalue weighted by atomic mass is 10.2. The summed E-state index contributed by atoms with van der Waals surface area (Å²) in [6.07, 6.45) is 3.42. The Hall–Kier alpha value is -0.920. The molecule has 1 aliphatic rings. The molecule has 11 heavy (non-hydrogen) atoms. The molecular weight excluding hydrogens is 146 g/mol. The van der Waals surface area contributed by atoms with Crippen molar-refractivity contribution in [3.05, 3.63) is 35.0 Å². The van der Waals surface area contributed by atoms with Gasteiger partial charge in [-0.05, 0) is 31.9 Å². The molecule has 60 valence electrons. The largest absolute Gasteiger partial charge is 0.204 e. The van der Waals surface area contributed by atoms with E-state index in [-0.39, 0.29) is 0 Å². The fourth-order valence-corrected chi connectivity index (χ4v) is 1.02. The second kappa shape index (κ2) is 2.99. The van der Waals surface area contributed by atoms with E-state index >= 15 is 0 Å². The van der Waals surface area contributed by atoms with E-state index in [0.717, 1.165) is 5.57 Å². The minimum absolute atomic E-state index is 0.369. The van der Waals surface area contributed by atoms with Gasteiger partial charge < -0.3 is 0 Å². The third-order valence-electron chi connectivity index (χ3n) is 1.62. The van der Waals surface area contributed by atoms with Crippen molar-refractivity contribution in [2.45, 2.75) is 20.3 Å². The molecule has 0 fully saturated rings. The van der Waals surface area contributed by atoms with E-state index in [1.54, 1.807) is 13.0 Å². The van der Waals surface area contributed by atoms with Crippen molar-refractivity contribution in [2.75, 3.05) is 0 Å². The van der Waals surface area contributed by atoms with Gasteiger partial charge in [0.05, 0.1) is 0 Å². The van der Waals surface area contributed by atoms with E-state index < -0.39 is 11.7 Å². The first-order valence-corrected chi connectivity index (χ1v) is 3.51. The smallest absolute Gasteiger partial charge is 0.161 e. The van der Waals surface area contributed by atoms with Crippen LogP contribution in [0, 0.1) is 0 Å². The molecule has 0 aromatic carbocycles. The predicted octanol–water partition coefficient (Wildman–Crippen LogP) is 3.43. The lowest BCUT2D eigenvalue weighted by Gasteiger charge is -1.93. The van der Waals surface area contributed by atoms with Gasteiger partial charge in [-0.2, -0.15) is 0 Å². The molecular formula is C9H10F2. The molecule has 0 aliphatic heterocycles.